The van der Waals surface area contributed by atoms with Crippen molar-refractivity contribution in [3.05, 3.63) is 0 Å². The first-order chi connectivity index (χ1) is 6.79. The first kappa shape index (κ1) is 10.4. The van der Waals surface area contributed by atoms with Crippen molar-refractivity contribution in [3.8, 4) is 0 Å². The summed E-state index contributed by atoms with van der Waals surface area (Å²) in [6.07, 6.45) is 11.4. The van der Waals surface area contributed by atoms with Crippen LogP contribution in [0.25, 0.3) is 0 Å². The SMILES string of the molecule is CN(N)C(C1CCCC1)C1CCCC1. The van der Waals surface area contributed by atoms with Gasteiger partial charge in [-0.05, 0) is 37.5 Å². The maximum Gasteiger partial charge on any atom is 0.0294 e. The van der Waals surface area contributed by atoms with E-state index in [4.69, 9.17) is 5.84 Å². The molecule has 2 N–H and O–H groups in total. The molecule has 0 aromatic rings. The molecule has 0 spiro atoms. The first-order valence-electron chi connectivity index (χ1n) is 6.26. The Balaban J connectivity index is 1.98. The van der Waals surface area contributed by atoms with Gasteiger partial charge >= 0.3 is 0 Å². The van der Waals surface area contributed by atoms with E-state index < -0.39 is 0 Å². The van der Waals surface area contributed by atoms with Gasteiger partial charge in [0.25, 0.3) is 0 Å². The largest absolute Gasteiger partial charge is 0.269 e. The fourth-order valence-corrected chi connectivity index (χ4v) is 3.65. The molecule has 0 amide bonds. The number of hydrogen-bond donors (Lipinski definition) is 1. The van der Waals surface area contributed by atoms with Crippen molar-refractivity contribution < 1.29 is 0 Å². The third kappa shape index (κ3) is 2.12. The lowest BCUT2D eigenvalue weighted by molar-refractivity contribution is 0.119. The molecule has 14 heavy (non-hydrogen) atoms. The van der Waals surface area contributed by atoms with Crippen LogP contribution in [0.1, 0.15) is 51.4 Å². The van der Waals surface area contributed by atoms with Crippen LogP contribution >= 0.6 is 0 Å². The van der Waals surface area contributed by atoms with E-state index in [0.29, 0.717) is 6.04 Å². The van der Waals surface area contributed by atoms with Crippen molar-refractivity contribution in [1.82, 2.24) is 5.01 Å². The molecule has 0 saturated heterocycles. The molecule has 2 nitrogen and oxygen atoms in total. The summed E-state index contributed by atoms with van der Waals surface area (Å²) in [5.74, 6) is 7.82. The highest BCUT2D eigenvalue weighted by Crippen LogP contribution is 2.38. The zero-order chi connectivity index (χ0) is 9.97. The van der Waals surface area contributed by atoms with Crippen LogP contribution in [0.15, 0.2) is 0 Å². The number of nitrogens with zero attached hydrogens (tertiary/aromatic N) is 1. The Hall–Kier alpha value is -0.0800. The summed E-state index contributed by atoms with van der Waals surface area (Å²) in [5.41, 5.74) is 0. The van der Waals surface area contributed by atoms with E-state index in [9.17, 15) is 0 Å². The zero-order valence-electron chi connectivity index (χ0n) is 9.41. The summed E-state index contributed by atoms with van der Waals surface area (Å²) < 4.78 is 0. The normalized spacial score (nSPS) is 25.7. The second kappa shape index (κ2) is 4.63. The average molecular weight is 196 g/mol. The number of nitrogens with two attached hydrogens (primary N) is 1. The molecule has 2 fully saturated rings. The van der Waals surface area contributed by atoms with Gasteiger partial charge in [-0.1, -0.05) is 25.7 Å². The second-order valence-corrected chi connectivity index (χ2v) is 5.25. The molecule has 0 unspecified atom stereocenters. The zero-order valence-corrected chi connectivity index (χ0v) is 9.41. The van der Waals surface area contributed by atoms with Crippen molar-refractivity contribution in [2.24, 2.45) is 17.7 Å². The van der Waals surface area contributed by atoms with E-state index in [1.54, 1.807) is 0 Å². The molecule has 0 aliphatic heterocycles. The molecule has 0 aromatic heterocycles. The Bertz CT molecular complexity index is 151. The number of hydrazine groups is 1. The number of hydrogen-bond acceptors (Lipinski definition) is 2. The highest BCUT2D eigenvalue weighted by molar-refractivity contribution is 4.87. The quantitative estimate of drug-likeness (QED) is 0.555. The van der Waals surface area contributed by atoms with E-state index in [1.807, 2.05) is 5.01 Å². The molecule has 0 bridgehead atoms. The molecular weight excluding hydrogens is 172 g/mol. The lowest BCUT2D eigenvalue weighted by atomic mass is 9.85. The minimum absolute atomic E-state index is 0.681. The van der Waals surface area contributed by atoms with Gasteiger partial charge in [-0.2, -0.15) is 0 Å². The van der Waals surface area contributed by atoms with Crippen LogP contribution in [0.2, 0.25) is 0 Å². The van der Waals surface area contributed by atoms with E-state index in [2.05, 4.69) is 7.05 Å². The number of rotatable bonds is 3. The summed E-state index contributed by atoms with van der Waals surface area (Å²) in [5, 5.41) is 2.02. The van der Waals surface area contributed by atoms with Crippen LogP contribution in [0.4, 0.5) is 0 Å². The second-order valence-electron chi connectivity index (χ2n) is 5.25. The maximum atomic E-state index is 6.03. The van der Waals surface area contributed by atoms with Crippen molar-refractivity contribution in [1.29, 1.82) is 0 Å². The van der Waals surface area contributed by atoms with Crippen molar-refractivity contribution >= 4 is 0 Å². The van der Waals surface area contributed by atoms with Crippen molar-refractivity contribution in [2.75, 3.05) is 7.05 Å². The Morgan fingerprint density at radius 3 is 1.57 bits per heavy atom. The molecule has 2 rings (SSSR count). The lowest BCUT2D eigenvalue weighted by Gasteiger charge is -2.34. The standard InChI is InChI=1S/C12H24N2/c1-14(13)12(10-6-2-3-7-10)11-8-4-5-9-11/h10-12H,2-9,13H2,1H3. The third-order valence-electron chi connectivity index (χ3n) is 4.24. The van der Waals surface area contributed by atoms with Gasteiger partial charge in [-0.25, -0.2) is 5.01 Å². The van der Waals surface area contributed by atoms with Gasteiger partial charge in [0.2, 0.25) is 0 Å². The Morgan fingerprint density at radius 2 is 1.29 bits per heavy atom. The molecular formula is C12H24N2. The van der Waals surface area contributed by atoms with E-state index >= 15 is 0 Å². The van der Waals surface area contributed by atoms with Crippen LogP contribution < -0.4 is 5.84 Å². The van der Waals surface area contributed by atoms with Gasteiger partial charge in [-0.15, -0.1) is 0 Å². The van der Waals surface area contributed by atoms with E-state index in [0.717, 1.165) is 11.8 Å². The molecule has 0 heterocycles. The first-order valence-corrected chi connectivity index (χ1v) is 6.26. The van der Waals surface area contributed by atoms with E-state index in [-0.39, 0.29) is 0 Å². The van der Waals surface area contributed by atoms with E-state index in [1.165, 1.54) is 51.4 Å². The minimum atomic E-state index is 0.681. The van der Waals surface area contributed by atoms with Gasteiger partial charge in [0.05, 0.1) is 0 Å². The Kier molecular flexibility index (Phi) is 3.45. The topological polar surface area (TPSA) is 29.3 Å². The molecule has 0 radical (unpaired) electrons. The third-order valence-corrected chi connectivity index (χ3v) is 4.24. The van der Waals surface area contributed by atoms with Crippen LogP contribution in [-0.2, 0) is 0 Å². The highest BCUT2D eigenvalue weighted by Gasteiger charge is 2.34. The van der Waals surface area contributed by atoms with Gasteiger partial charge in [0, 0.05) is 13.1 Å². The van der Waals surface area contributed by atoms with Gasteiger partial charge in [0.1, 0.15) is 0 Å². The molecule has 2 aliphatic carbocycles. The summed E-state index contributed by atoms with van der Waals surface area (Å²) >= 11 is 0. The highest BCUT2D eigenvalue weighted by atomic mass is 15.4. The molecule has 82 valence electrons. The molecule has 2 saturated carbocycles. The lowest BCUT2D eigenvalue weighted by Crippen LogP contribution is -2.46. The van der Waals surface area contributed by atoms with Crippen LogP contribution in [0.3, 0.4) is 0 Å². The van der Waals surface area contributed by atoms with Crippen molar-refractivity contribution in [2.45, 2.75) is 57.4 Å². The summed E-state index contributed by atoms with van der Waals surface area (Å²) in [6, 6.07) is 0.681. The van der Waals surface area contributed by atoms with Crippen LogP contribution in [0, 0.1) is 11.8 Å². The molecule has 0 atom stereocenters. The summed E-state index contributed by atoms with van der Waals surface area (Å²) in [7, 11) is 2.07. The van der Waals surface area contributed by atoms with Gasteiger partial charge in [-0.3, -0.25) is 5.84 Å². The van der Waals surface area contributed by atoms with Gasteiger partial charge < -0.3 is 0 Å². The minimum Gasteiger partial charge on any atom is -0.269 e. The maximum absolute atomic E-state index is 6.03. The average Bonchev–Trinajstić information content (AvgIpc) is 2.75. The summed E-state index contributed by atoms with van der Waals surface area (Å²) in [6.45, 7) is 0. The smallest absolute Gasteiger partial charge is 0.0294 e. The van der Waals surface area contributed by atoms with Crippen molar-refractivity contribution in [3.63, 3.8) is 0 Å². The van der Waals surface area contributed by atoms with Crippen LogP contribution in [-0.4, -0.2) is 18.1 Å². The monoisotopic (exact) mass is 196 g/mol. The Morgan fingerprint density at radius 1 is 0.929 bits per heavy atom. The fourth-order valence-electron chi connectivity index (χ4n) is 3.65. The molecule has 0 aromatic carbocycles. The van der Waals surface area contributed by atoms with Crippen LogP contribution in [0.5, 0.6) is 0 Å². The van der Waals surface area contributed by atoms with Gasteiger partial charge in [0.15, 0.2) is 0 Å². The molecule has 2 aliphatic rings. The molecule has 2 heteroatoms. The Labute approximate surface area is 87.8 Å². The fraction of sp³-hybridized carbons (Fsp3) is 1.00. The predicted octanol–water partition coefficient (Wildman–Crippen LogP) is 2.54. The summed E-state index contributed by atoms with van der Waals surface area (Å²) in [4.78, 5) is 0. The predicted molar refractivity (Wildman–Crippen MR) is 59.7 cm³/mol.